The Labute approximate surface area is 177 Å². The summed E-state index contributed by atoms with van der Waals surface area (Å²) < 4.78 is 11.7. The molecule has 156 valence electrons. The van der Waals surface area contributed by atoms with Gasteiger partial charge in [-0.25, -0.2) is 9.78 Å². The molecule has 1 aliphatic heterocycles. The summed E-state index contributed by atoms with van der Waals surface area (Å²) in [5.41, 5.74) is 2.93. The highest BCUT2D eigenvalue weighted by Gasteiger charge is 2.18. The van der Waals surface area contributed by atoms with Crippen LogP contribution >= 0.6 is 11.3 Å². The SMILES string of the molecule is O=C(Cn1c(=O)oc2cc([N+](=O)[O-])ccc21)Nc1nc(-c2ccc3c(c2)CCO3)cs1. The monoisotopic (exact) mass is 438 g/mol. The van der Waals surface area contributed by atoms with Gasteiger partial charge >= 0.3 is 5.76 Å². The van der Waals surface area contributed by atoms with Crippen LogP contribution in [0, 0.1) is 10.1 Å². The zero-order valence-corrected chi connectivity index (χ0v) is 16.7. The number of carbonyl (C=O) groups excluding carboxylic acids is 1. The predicted octanol–water partition coefficient (Wildman–Crippen LogP) is 3.20. The molecule has 0 spiro atoms. The maximum Gasteiger partial charge on any atom is 0.420 e. The van der Waals surface area contributed by atoms with Crippen LogP contribution in [0.5, 0.6) is 5.75 Å². The molecule has 3 heterocycles. The lowest BCUT2D eigenvalue weighted by Crippen LogP contribution is -2.24. The summed E-state index contributed by atoms with van der Waals surface area (Å²) in [6.45, 7) is 0.362. The van der Waals surface area contributed by atoms with Crippen molar-refractivity contribution in [3.63, 3.8) is 0 Å². The van der Waals surface area contributed by atoms with E-state index in [-0.39, 0.29) is 17.8 Å². The van der Waals surface area contributed by atoms with Gasteiger partial charge in [0.15, 0.2) is 10.7 Å². The van der Waals surface area contributed by atoms with Gasteiger partial charge in [-0.1, -0.05) is 0 Å². The Hall–Kier alpha value is -3.99. The molecule has 11 heteroatoms. The van der Waals surface area contributed by atoms with Crippen LogP contribution < -0.4 is 15.8 Å². The Morgan fingerprint density at radius 3 is 3.00 bits per heavy atom. The zero-order chi connectivity index (χ0) is 21.5. The van der Waals surface area contributed by atoms with Crippen LogP contribution in [0.3, 0.4) is 0 Å². The number of non-ortho nitro benzene ring substituents is 1. The summed E-state index contributed by atoms with van der Waals surface area (Å²) in [5.74, 6) is -0.354. The Bertz CT molecular complexity index is 1400. The van der Waals surface area contributed by atoms with Gasteiger partial charge in [0.25, 0.3) is 5.69 Å². The largest absolute Gasteiger partial charge is 0.493 e. The first-order valence-corrected chi connectivity index (χ1v) is 10.2. The number of anilines is 1. The van der Waals surface area contributed by atoms with Gasteiger partial charge in [-0.15, -0.1) is 11.3 Å². The third-order valence-electron chi connectivity index (χ3n) is 4.90. The molecular weight excluding hydrogens is 424 g/mol. The normalized spacial score (nSPS) is 12.5. The van der Waals surface area contributed by atoms with E-state index >= 15 is 0 Å². The van der Waals surface area contributed by atoms with Crippen LogP contribution in [-0.2, 0) is 17.8 Å². The Morgan fingerprint density at radius 1 is 1.29 bits per heavy atom. The number of amides is 1. The molecule has 0 radical (unpaired) electrons. The number of carbonyl (C=O) groups is 1. The number of fused-ring (bicyclic) bond motifs is 2. The highest BCUT2D eigenvalue weighted by atomic mass is 32.1. The van der Waals surface area contributed by atoms with Crippen molar-refractivity contribution in [2.75, 3.05) is 11.9 Å². The van der Waals surface area contributed by atoms with Crippen LogP contribution in [0.25, 0.3) is 22.4 Å². The first-order valence-electron chi connectivity index (χ1n) is 9.27. The van der Waals surface area contributed by atoms with E-state index in [0.717, 1.165) is 39.6 Å². The molecule has 0 saturated heterocycles. The van der Waals surface area contributed by atoms with E-state index in [1.807, 2.05) is 23.6 Å². The molecule has 0 fully saturated rings. The van der Waals surface area contributed by atoms with Crippen molar-refractivity contribution in [3.8, 4) is 17.0 Å². The number of nitro groups is 1. The van der Waals surface area contributed by atoms with Gasteiger partial charge in [-0.2, -0.15) is 0 Å². The van der Waals surface area contributed by atoms with Crippen LogP contribution in [0.4, 0.5) is 10.8 Å². The number of hydrogen-bond donors (Lipinski definition) is 1. The van der Waals surface area contributed by atoms with Gasteiger partial charge in [-0.05, 0) is 29.8 Å². The minimum Gasteiger partial charge on any atom is -0.493 e. The Morgan fingerprint density at radius 2 is 2.16 bits per heavy atom. The number of thiazole rings is 1. The molecule has 1 amide bonds. The number of benzene rings is 2. The summed E-state index contributed by atoms with van der Waals surface area (Å²) in [7, 11) is 0. The van der Waals surface area contributed by atoms with Crippen molar-refractivity contribution in [1.82, 2.24) is 9.55 Å². The van der Waals surface area contributed by atoms with Gasteiger partial charge in [0.1, 0.15) is 12.3 Å². The van der Waals surface area contributed by atoms with Crippen LogP contribution in [0.1, 0.15) is 5.56 Å². The lowest BCUT2D eigenvalue weighted by atomic mass is 10.1. The summed E-state index contributed by atoms with van der Waals surface area (Å²) in [4.78, 5) is 39.3. The maximum atomic E-state index is 12.5. The van der Waals surface area contributed by atoms with Gasteiger partial charge in [0, 0.05) is 23.4 Å². The van der Waals surface area contributed by atoms with E-state index in [1.54, 1.807) is 0 Å². The number of nitrogens with one attached hydrogen (secondary N) is 1. The molecule has 1 N–H and O–H groups in total. The van der Waals surface area contributed by atoms with Gasteiger partial charge in [-0.3, -0.25) is 19.5 Å². The zero-order valence-electron chi connectivity index (χ0n) is 15.9. The van der Waals surface area contributed by atoms with Gasteiger partial charge in [0.2, 0.25) is 5.91 Å². The standard InChI is InChI=1S/C20H14N4O6S/c25-18(9-23-15-3-2-13(24(27)28)8-17(15)30-20(23)26)22-19-21-14(10-31-19)11-1-4-16-12(7-11)5-6-29-16/h1-4,7-8,10H,5-6,9H2,(H,21,22,25). The van der Waals surface area contributed by atoms with Crippen LogP contribution in [-0.4, -0.2) is 27.0 Å². The quantitative estimate of drug-likeness (QED) is 0.374. The van der Waals surface area contributed by atoms with Crippen molar-refractivity contribution in [2.45, 2.75) is 13.0 Å². The fourth-order valence-electron chi connectivity index (χ4n) is 3.43. The van der Waals surface area contributed by atoms with E-state index < -0.39 is 16.6 Å². The maximum absolute atomic E-state index is 12.5. The number of oxazole rings is 1. The van der Waals surface area contributed by atoms with E-state index in [2.05, 4.69) is 10.3 Å². The predicted molar refractivity (Wildman–Crippen MR) is 113 cm³/mol. The molecule has 0 bridgehead atoms. The molecule has 0 atom stereocenters. The van der Waals surface area contributed by atoms with E-state index in [0.29, 0.717) is 17.3 Å². The molecule has 4 aromatic rings. The Balaban J connectivity index is 1.33. The molecule has 0 saturated carbocycles. The lowest BCUT2D eigenvalue weighted by Gasteiger charge is -2.03. The molecule has 0 unspecified atom stereocenters. The van der Waals surface area contributed by atoms with E-state index in [9.17, 15) is 19.7 Å². The first-order chi connectivity index (χ1) is 15.0. The summed E-state index contributed by atoms with van der Waals surface area (Å²) in [5, 5.41) is 15.8. The van der Waals surface area contributed by atoms with Crippen molar-refractivity contribution < 1.29 is 18.9 Å². The minimum absolute atomic E-state index is 0.0455. The van der Waals surface area contributed by atoms with Gasteiger partial charge in [0.05, 0.1) is 28.8 Å². The first kappa shape index (κ1) is 19.0. The number of aromatic nitrogens is 2. The van der Waals surface area contributed by atoms with Crippen molar-refractivity contribution in [1.29, 1.82) is 0 Å². The van der Waals surface area contributed by atoms with Crippen molar-refractivity contribution >= 4 is 39.2 Å². The number of nitro benzene ring substituents is 1. The molecular formula is C20H14N4O6S. The number of ether oxygens (including phenoxy) is 1. The fourth-order valence-corrected chi connectivity index (χ4v) is 4.17. The van der Waals surface area contributed by atoms with Crippen molar-refractivity contribution in [3.05, 3.63) is 68.0 Å². The van der Waals surface area contributed by atoms with E-state index in [1.165, 1.54) is 23.5 Å². The number of nitrogens with zero attached hydrogens (tertiary/aromatic N) is 3. The second-order valence-corrected chi connectivity index (χ2v) is 7.73. The molecule has 2 aromatic heterocycles. The molecule has 5 rings (SSSR count). The highest BCUT2D eigenvalue weighted by Crippen LogP contribution is 2.32. The minimum atomic E-state index is -0.772. The molecule has 1 aliphatic rings. The molecule has 31 heavy (non-hydrogen) atoms. The highest BCUT2D eigenvalue weighted by molar-refractivity contribution is 7.14. The van der Waals surface area contributed by atoms with Crippen LogP contribution in [0.2, 0.25) is 0 Å². The van der Waals surface area contributed by atoms with Crippen molar-refractivity contribution in [2.24, 2.45) is 0 Å². The average molecular weight is 438 g/mol. The van der Waals surface area contributed by atoms with Crippen LogP contribution in [0.15, 0.2) is 51.0 Å². The second-order valence-electron chi connectivity index (χ2n) is 6.87. The fraction of sp³-hybridized carbons (Fsp3) is 0.150. The molecule has 0 aliphatic carbocycles. The smallest absolute Gasteiger partial charge is 0.420 e. The average Bonchev–Trinajstić information content (AvgIpc) is 3.46. The molecule has 10 nitrogen and oxygen atoms in total. The van der Waals surface area contributed by atoms with Gasteiger partial charge < -0.3 is 14.5 Å². The topological polar surface area (TPSA) is 130 Å². The third kappa shape index (κ3) is 3.55. The summed E-state index contributed by atoms with van der Waals surface area (Å²) >= 11 is 1.27. The Kier molecular flexibility index (Phi) is 4.51. The van der Waals surface area contributed by atoms with E-state index in [4.69, 9.17) is 9.15 Å². The number of hydrogen-bond acceptors (Lipinski definition) is 8. The third-order valence-corrected chi connectivity index (χ3v) is 5.66. The summed E-state index contributed by atoms with van der Waals surface area (Å²) in [6, 6.07) is 9.64. The molecule has 2 aromatic carbocycles. The second kappa shape index (κ2) is 7.36. The summed E-state index contributed by atoms with van der Waals surface area (Å²) in [6.07, 6.45) is 0.855. The number of rotatable bonds is 5. The lowest BCUT2D eigenvalue weighted by molar-refractivity contribution is -0.384.